The number of nitrogens with zero attached hydrogens (tertiary/aromatic N) is 2. The van der Waals surface area contributed by atoms with Crippen molar-refractivity contribution in [1.29, 1.82) is 0 Å². The first-order chi connectivity index (χ1) is 14.9. The molecule has 1 aliphatic rings. The standard InChI is InChI=1S/C22H23N5O3S/c1-14(12-28)24-20(23)18-13-31-26-22(18,30)25-17-7-4-6-16(11-17)21(29)27-10-9-15-5-2-3-8-19(15)27/h2-11,13-14,25-26,28,30H,12H2,1H3,(H2,23,24). The minimum Gasteiger partial charge on any atom is -0.394 e. The number of carbonyl (C=O) groups is 1. The Kier molecular flexibility index (Phi) is 5.84. The van der Waals surface area contributed by atoms with Crippen LogP contribution in [-0.2, 0) is 0 Å². The van der Waals surface area contributed by atoms with Crippen molar-refractivity contribution in [3.63, 3.8) is 0 Å². The van der Waals surface area contributed by atoms with E-state index in [1.54, 1.807) is 47.4 Å². The predicted octanol–water partition coefficient (Wildman–Crippen LogP) is 2.26. The number of aliphatic imine (C=N–C) groups is 1. The zero-order valence-corrected chi connectivity index (χ0v) is 17.6. The number of amidine groups is 1. The molecule has 9 heteroatoms. The zero-order valence-electron chi connectivity index (χ0n) is 16.8. The van der Waals surface area contributed by atoms with Gasteiger partial charge in [-0.3, -0.25) is 14.4 Å². The van der Waals surface area contributed by atoms with E-state index < -0.39 is 11.9 Å². The quantitative estimate of drug-likeness (QED) is 0.173. The number of fused-ring (bicyclic) bond motifs is 1. The van der Waals surface area contributed by atoms with Gasteiger partial charge in [-0.05, 0) is 54.6 Å². The van der Waals surface area contributed by atoms with Crippen LogP contribution in [0.5, 0.6) is 0 Å². The SMILES string of the molecule is CC(CO)N=C(N)C1=CSNC1(O)Nc1cccc(C(=O)n2ccc3ccccc32)c1. The van der Waals surface area contributed by atoms with E-state index in [2.05, 4.69) is 15.0 Å². The third kappa shape index (κ3) is 4.21. The van der Waals surface area contributed by atoms with Gasteiger partial charge in [0.2, 0.25) is 5.85 Å². The monoisotopic (exact) mass is 437 g/mol. The predicted molar refractivity (Wildman–Crippen MR) is 124 cm³/mol. The van der Waals surface area contributed by atoms with Crippen LogP contribution in [0.4, 0.5) is 5.69 Å². The summed E-state index contributed by atoms with van der Waals surface area (Å²) in [5.41, 5.74) is 8.18. The molecule has 1 aliphatic heterocycles. The Bertz CT molecular complexity index is 1190. The van der Waals surface area contributed by atoms with Crippen LogP contribution in [0.25, 0.3) is 10.9 Å². The Morgan fingerprint density at radius 2 is 2.10 bits per heavy atom. The molecule has 6 N–H and O–H groups in total. The van der Waals surface area contributed by atoms with Crippen molar-refractivity contribution in [1.82, 2.24) is 9.29 Å². The third-order valence-electron chi connectivity index (χ3n) is 4.93. The Balaban J connectivity index is 1.59. The van der Waals surface area contributed by atoms with Crippen molar-refractivity contribution in [2.24, 2.45) is 10.7 Å². The summed E-state index contributed by atoms with van der Waals surface area (Å²) >= 11 is 1.16. The van der Waals surface area contributed by atoms with E-state index in [1.165, 1.54) is 0 Å². The molecular weight excluding hydrogens is 414 g/mol. The molecule has 0 radical (unpaired) electrons. The molecule has 160 valence electrons. The smallest absolute Gasteiger partial charge is 0.262 e. The van der Waals surface area contributed by atoms with Gasteiger partial charge in [0, 0.05) is 22.8 Å². The molecule has 0 fully saturated rings. The maximum Gasteiger partial charge on any atom is 0.262 e. The van der Waals surface area contributed by atoms with Gasteiger partial charge in [-0.1, -0.05) is 24.3 Å². The molecule has 0 amide bonds. The molecular formula is C22H23N5O3S. The van der Waals surface area contributed by atoms with Gasteiger partial charge < -0.3 is 21.3 Å². The van der Waals surface area contributed by atoms with Crippen LogP contribution in [-0.4, -0.2) is 45.0 Å². The van der Waals surface area contributed by atoms with Crippen molar-refractivity contribution in [3.8, 4) is 0 Å². The van der Waals surface area contributed by atoms with Gasteiger partial charge in [0.1, 0.15) is 5.84 Å². The largest absolute Gasteiger partial charge is 0.394 e. The Hall–Kier alpha value is -3.11. The van der Waals surface area contributed by atoms with Gasteiger partial charge in [-0.15, -0.1) is 0 Å². The lowest BCUT2D eigenvalue weighted by Crippen LogP contribution is -2.51. The van der Waals surface area contributed by atoms with Crippen LogP contribution >= 0.6 is 11.9 Å². The van der Waals surface area contributed by atoms with E-state index in [1.807, 2.05) is 30.3 Å². The maximum absolute atomic E-state index is 13.1. The molecule has 31 heavy (non-hydrogen) atoms. The average Bonchev–Trinajstić information content (AvgIpc) is 3.36. The summed E-state index contributed by atoms with van der Waals surface area (Å²) in [6, 6.07) is 16.0. The van der Waals surface area contributed by atoms with Crippen molar-refractivity contribution < 1.29 is 15.0 Å². The lowest BCUT2D eigenvalue weighted by atomic mass is 10.1. The number of nitrogens with two attached hydrogens (primary N) is 1. The summed E-state index contributed by atoms with van der Waals surface area (Å²) in [6.07, 6.45) is 1.75. The van der Waals surface area contributed by atoms with E-state index in [0.717, 1.165) is 22.9 Å². The molecule has 0 aliphatic carbocycles. The Labute approximate surface area is 183 Å². The zero-order chi connectivity index (χ0) is 22.0. The number of aromatic nitrogens is 1. The highest BCUT2D eigenvalue weighted by Gasteiger charge is 2.38. The molecule has 0 bridgehead atoms. The van der Waals surface area contributed by atoms with E-state index in [-0.39, 0.29) is 18.3 Å². The molecule has 2 atom stereocenters. The van der Waals surface area contributed by atoms with E-state index >= 15 is 0 Å². The van der Waals surface area contributed by atoms with Crippen molar-refractivity contribution in [3.05, 3.63) is 77.3 Å². The molecule has 2 aromatic carbocycles. The topological polar surface area (TPSA) is 125 Å². The first-order valence-corrected chi connectivity index (χ1v) is 10.6. The fraction of sp³-hybridized carbons (Fsp3) is 0.182. The molecule has 2 heterocycles. The normalized spacial score (nSPS) is 20.0. The lowest BCUT2D eigenvalue weighted by Gasteiger charge is -2.28. The molecule has 1 aromatic heterocycles. The fourth-order valence-corrected chi connectivity index (χ4v) is 4.14. The second-order valence-corrected chi connectivity index (χ2v) is 7.94. The van der Waals surface area contributed by atoms with Gasteiger partial charge in [0.05, 0.1) is 23.7 Å². The summed E-state index contributed by atoms with van der Waals surface area (Å²) in [5, 5.41) is 25.9. The third-order valence-corrected chi connectivity index (χ3v) is 5.69. The molecule has 0 saturated heterocycles. The molecule has 4 rings (SSSR count). The number of benzene rings is 2. The number of nitrogens with one attached hydrogen (secondary N) is 2. The van der Waals surface area contributed by atoms with Gasteiger partial charge in [-0.2, -0.15) is 0 Å². The molecule has 2 unspecified atom stereocenters. The van der Waals surface area contributed by atoms with Crippen LogP contribution in [0, 0.1) is 0 Å². The summed E-state index contributed by atoms with van der Waals surface area (Å²) < 4.78 is 4.46. The summed E-state index contributed by atoms with van der Waals surface area (Å²) in [7, 11) is 0. The number of hydrogen-bond donors (Lipinski definition) is 5. The number of aliphatic hydroxyl groups excluding tert-OH is 1. The molecule has 8 nitrogen and oxygen atoms in total. The van der Waals surface area contributed by atoms with E-state index in [0.29, 0.717) is 16.8 Å². The van der Waals surface area contributed by atoms with E-state index in [9.17, 15) is 15.0 Å². The summed E-state index contributed by atoms with van der Waals surface area (Å²) in [5.74, 6) is -1.76. The fourth-order valence-electron chi connectivity index (χ4n) is 3.34. The highest BCUT2D eigenvalue weighted by atomic mass is 32.2. The number of rotatable bonds is 6. The van der Waals surface area contributed by atoms with Crippen molar-refractivity contribution >= 4 is 40.3 Å². The molecule has 0 saturated carbocycles. The highest BCUT2D eigenvalue weighted by Crippen LogP contribution is 2.29. The Morgan fingerprint density at radius 3 is 2.90 bits per heavy atom. The van der Waals surface area contributed by atoms with E-state index in [4.69, 9.17) is 5.73 Å². The van der Waals surface area contributed by atoms with Crippen molar-refractivity contribution in [2.75, 3.05) is 11.9 Å². The average molecular weight is 438 g/mol. The molecule has 0 spiro atoms. The van der Waals surface area contributed by atoms with Gasteiger partial charge >= 0.3 is 0 Å². The number of carbonyl (C=O) groups excluding carboxylic acids is 1. The van der Waals surface area contributed by atoms with Crippen LogP contribution in [0.15, 0.2) is 76.8 Å². The number of hydrogen-bond acceptors (Lipinski definition) is 7. The second kappa shape index (κ2) is 8.56. The lowest BCUT2D eigenvalue weighted by molar-refractivity contribution is 0.0963. The minimum absolute atomic E-state index is 0.111. The van der Waals surface area contributed by atoms with Crippen molar-refractivity contribution in [2.45, 2.75) is 18.8 Å². The first-order valence-electron chi connectivity index (χ1n) is 9.70. The van der Waals surface area contributed by atoms with Gasteiger partial charge in [0.25, 0.3) is 5.91 Å². The van der Waals surface area contributed by atoms with Crippen LogP contribution in [0.3, 0.4) is 0 Å². The van der Waals surface area contributed by atoms with Gasteiger partial charge in [0.15, 0.2) is 0 Å². The van der Waals surface area contributed by atoms with Crippen LogP contribution in [0.2, 0.25) is 0 Å². The summed E-state index contributed by atoms with van der Waals surface area (Å²) in [6.45, 7) is 1.56. The molecule has 3 aromatic rings. The number of para-hydroxylation sites is 1. The summed E-state index contributed by atoms with van der Waals surface area (Å²) in [4.78, 5) is 17.3. The number of aliphatic hydroxyl groups is 2. The number of anilines is 1. The van der Waals surface area contributed by atoms with Gasteiger partial charge in [-0.25, -0.2) is 4.72 Å². The second-order valence-electron chi connectivity index (χ2n) is 7.26. The first kappa shape index (κ1) is 21.1. The van der Waals surface area contributed by atoms with Crippen LogP contribution in [0.1, 0.15) is 17.3 Å². The van der Waals surface area contributed by atoms with Crippen LogP contribution < -0.4 is 15.8 Å². The minimum atomic E-state index is -1.69. The maximum atomic E-state index is 13.1. The Morgan fingerprint density at radius 1 is 1.29 bits per heavy atom. The highest BCUT2D eigenvalue weighted by molar-refractivity contribution is 8.00.